The maximum absolute atomic E-state index is 11.7. The Morgan fingerprint density at radius 3 is 2.67 bits per heavy atom. The molecule has 0 aromatic heterocycles. The predicted octanol–water partition coefficient (Wildman–Crippen LogP) is 1.59. The fraction of sp³-hybridized carbons (Fsp3) is 0.909. The number of carbonyl (C=O) groups is 1. The van der Waals surface area contributed by atoms with Gasteiger partial charge in [-0.1, -0.05) is 6.92 Å². The van der Waals surface area contributed by atoms with Crippen molar-refractivity contribution in [3.05, 3.63) is 0 Å². The second-order valence-electron chi connectivity index (χ2n) is 3.58. The van der Waals surface area contributed by atoms with Crippen LogP contribution >= 0.6 is 11.8 Å². The average Bonchev–Trinajstić information content (AvgIpc) is 2.26. The standard InChI is InChI=1S/C11H24N2OS/c1-5-13(4)11(14)10(3)12-8-7-9-15-6-2/h10,12H,5-9H2,1-4H3. The molecule has 4 heteroatoms. The molecular weight excluding hydrogens is 208 g/mol. The fourth-order valence-corrected chi connectivity index (χ4v) is 1.85. The van der Waals surface area contributed by atoms with Gasteiger partial charge in [0.05, 0.1) is 6.04 Å². The van der Waals surface area contributed by atoms with Crippen LogP contribution in [-0.4, -0.2) is 48.5 Å². The van der Waals surface area contributed by atoms with E-state index >= 15 is 0 Å². The van der Waals surface area contributed by atoms with Gasteiger partial charge in [-0.05, 0) is 38.3 Å². The van der Waals surface area contributed by atoms with Gasteiger partial charge in [-0.25, -0.2) is 0 Å². The summed E-state index contributed by atoms with van der Waals surface area (Å²) in [5.41, 5.74) is 0. The lowest BCUT2D eigenvalue weighted by Gasteiger charge is -2.20. The Bertz CT molecular complexity index is 176. The van der Waals surface area contributed by atoms with Gasteiger partial charge in [0.15, 0.2) is 0 Å². The molecule has 90 valence electrons. The minimum absolute atomic E-state index is 0.0541. The van der Waals surface area contributed by atoms with Gasteiger partial charge >= 0.3 is 0 Å². The number of carbonyl (C=O) groups excluding carboxylic acids is 1. The van der Waals surface area contributed by atoms with Crippen LogP contribution in [0.5, 0.6) is 0 Å². The highest BCUT2D eigenvalue weighted by Crippen LogP contribution is 2.00. The van der Waals surface area contributed by atoms with Gasteiger partial charge in [-0.3, -0.25) is 4.79 Å². The summed E-state index contributed by atoms with van der Waals surface area (Å²) in [6.45, 7) is 7.79. The smallest absolute Gasteiger partial charge is 0.239 e. The van der Waals surface area contributed by atoms with E-state index in [0.717, 1.165) is 19.5 Å². The van der Waals surface area contributed by atoms with Gasteiger partial charge in [-0.2, -0.15) is 11.8 Å². The molecule has 15 heavy (non-hydrogen) atoms. The Morgan fingerprint density at radius 1 is 1.47 bits per heavy atom. The number of likely N-dealkylation sites (N-methyl/N-ethyl adjacent to an activating group) is 1. The summed E-state index contributed by atoms with van der Waals surface area (Å²) in [4.78, 5) is 13.4. The van der Waals surface area contributed by atoms with Gasteiger partial charge < -0.3 is 10.2 Å². The summed E-state index contributed by atoms with van der Waals surface area (Å²) in [6, 6.07) is -0.0541. The molecule has 0 saturated heterocycles. The molecule has 0 radical (unpaired) electrons. The third-order valence-corrected chi connectivity index (χ3v) is 3.33. The van der Waals surface area contributed by atoms with Crippen LogP contribution in [0, 0.1) is 0 Å². The zero-order chi connectivity index (χ0) is 11.7. The number of hydrogen-bond acceptors (Lipinski definition) is 3. The van der Waals surface area contributed by atoms with E-state index in [1.165, 1.54) is 11.5 Å². The maximum atomic E-state index is 11.7. The van der Waals surface area contributed by atoms with Crippen molar-refractivity contribution in [1.82, 2.24) is 10.2 Å². The van der Waals surface area contributed by atoms with Crippen LogP contribution in [-0.2, 0) is 4.79 Å². The first-order chi connectivity index (χ1) is 7.13. The Morgan fingerprint density at radius 2 is 2.13 bits per heavy atom. The van der Waals surface area contributed by atoms with Crippen LogP contribution in [0.3, 0.4) is 0 Å². The lowest BCUT2D eigenvalue weighted by molar-refractivity contribution is -0.131. The molecule has 0 fully saturated rings. The van der Waals surface area contributed by atoms with Crippen molar-refractivity contribution in [2.24, 2.45) is 0 Å². The largest absolute Gasteiger partial charge is 0.345 e. The lowest BCUT2D eigenvalue weighted by atomic mass is 10.3. The average molecular weight is 232 g/mol. The number of thioether (sulfide) groups is 1. The normalized spacial score (nSPS) is 12.5. The zero-order valence-electron chi connectivity index (χ0n) is 10.4. The van der Waals surface area contributed by atoms with Crippen LogP contribution < -0.4 is 5.32 Å². The SMILES string of the molecule is CCSCCCNC(C)C(=O)N(C)CC. The summed E-state index contributed by atoms with van der Waals surface area (Å²) >= 11 is 1.94. The first kappa shape index (κ1) is 14.8. The van der Waals surface area contributed by atoms with Crippen molar-refractivity contribution < 1.29 is 4.79 Å². The van der Waals surface area contributed by atoms with Crippen molar-refractivity contribution >= 4 is 17.7 Å². The summed E-state index contributed by atoms with van der Waals surface area (Å²) in [5.74, 6) is 2.53. The molecule has 0 heterocycles. The number of hydrogen-bond donors (Lipinski definition) is 1. The molecule has 0 aromatic rings. The van der Waals surface area contributed by atoms with E-state index in [0.29, 0.717) is 0 Å². The number of nitrogens with zero attached hydrogens (tertiary/aromatic N) is 1. The van der Waals surface area contributed by atoms with Crippen LogP contribution in [0.1, 0.15) is 27.2 Å². The summed E-state index contributed by atoms with van der Waals surface area (Å²) in [5, 5.41) is 3.25. The topological polar surface area (TPSA) is 32.3 Å². The fourth-order valence-electron chi connectivity index (χ4n) is 1.21. The van der Waals surface area contributed by atoms with Crippen molar-refractivity contribution in [1.29, 1.82) is 0 Å². The highest BCUT2D eigenvalue weighted by Gasteiger charge is 2.14. The van der Waals surface area contributed by atoms with Gasteiger partial charge in [-0.15, -0.1) is 0 Å². The summed E-state index contributed by atoms with van der Waals surface area (Å²) in [7, 11) is 1.84. The molecule has 0 aliphatic heterocycles. The molecule has 0 spiro atoms. The molecule has 0 aliphatic rings. The van der Waals surface area contributed by atoms with Crippen LogP contribution in [0.2, 0.25) is 0 Å². The van der Waals surface area contributed by atoms with Gasteiger partial charge in [0, 0.05) is 13.6 Å². The molecule has 3 nitrogen and oxygen atoms in total. The zero-order valence-corrected chi connectivity index (χ0v) is 11.2. The van der Waals surface area contributed by atoms with E-state index in [9.17, 15) is 4.79 Å². The Labute approximate surface area is 98.0 Å². The first-order valence-corrected chi connectivity index (χ1v) is 6.85. The van der Waals surface area contributed by atoms with E-state index in [2.05, 4.69) is 12.2 Å². The maximum Gasteiger partial charge on any atom is 0.239 e. The van der Waals surface area contributed by atoms with Crippen molar-refractivity contribution in [3.63, 3.8) is 0 Å². The molecular formula is C11H24N2OS. The first-order valence-electron chi connectivity index (χ1n) is 5.69. The second kappa shape index (κ2) is 9.04. The molecule has 0 rings (SSSR count). The highest BCUT2D eigenvalue weighted by molar-refractivity contribution is 7.99. The van der Waals surface area contributed by atoms with Gasteiger partial charge in [0.1, 0.15) is 0 Å². The number of nitrogens with one attached hydrogen (secondary N) is 1. The van der Waals surface area contributed by atoms with Crippen LogP contribution in [0.4, 0.5) is 0 Å². The van der Waals surface area contributed by atoms with Crippen molar-refractivity contribution in [2.45, 2.75) is 33.2 Å². The molecule has 0 bridgehead atoms. The van der Waals surface area contributed by atoms with E-state index < -0.39 is 0 Å². The molecule has 1 atom stereocenters. The number of rotatable bonds is 8. The minimum Gasteiger partial charge on any atom is -0.345 e. The highest BCUT2D eigenvalue weighted by atomic mass is 32.2. The van der Waals surface area contributed by atoms with Crippen LogP contribution in [0.15, 0.2) is 0 Å². The summed E-state index contributed by atoms with van der Waals surface area (Å²) < 4.78 is 0. The second-order valence-corrected chi connectivity index (χ2v) is 4.97. The van der Waals surface area contributed by atoms with Crippen molar-refractivity contribution in [3.8, 4) is 0 Å². The van der Waals surface area contributed by atoms with Crippen LogP contribution in [0.25, 0.3) is 0 Å². The van der Waals surface area contributed by atoms with E-state index in [1.807, 2.05) is 32.7 Å². The Balaban J connectivity index is 3.55. The quantitative estimate of drug-likeness (QED) is 0.645. The molecule has 1 unspecified atom stereocenters. The molecule has 0 aromatic carbocycles. The number of amides is 1. The van der Waals surface area contributed by atoms with E-state index in [4.69, 9.17) is 0 Å². The third kappa shape index (κ3) is 6.79. The summed E-state index contributed by atoms with van der Waals surface area (Å²) in [6.07, 6.45) is 1.13. The lowest BCUT2D eigenvalue weighted by Crippen LogP contribution is -2.43. The molecule has 1 N–H and O–H groups in total. The van der Waals surface area contributed by atoms with Gasteiger partial charge in [0.2, 0.25) is 5.91 Å². The third-order valence-electron chi connectivity index (χ3n) is 2.34. The van der Waals surface area contributed by atoms with E-state index in [-0.39, 0.29) is 11.9 Å². The van der Waals surface area contributed by atoms with E-state index in [1.54, 1.807) is 4.90 Å². The van der Waals surface area contributed by atoms with Crippen molar-refractivity contribution in [2.75, 3.05) is 31.6 Å². The monoisotopic (exact) mass is 232 g/mol. The predicted molar refractivity (Wildman–Crippen MR) is 68.4 cm³/mol. The Kier molecular flexibility index (Phi) is 8.91. The minimum atomic E-state index is -0.0541. The molecule has 1 amide bonds. The van der Waals surface area contributed by atoms with Gasteiger partial charge in [0.25, 0.3) is 0 Å². The molecule has 0 aliphatic carbocycles. The Hall–Kier alpha value is -0.220. The molecule has 0 saturated carbocycles.